The van der Waals surface area contributed by atoms with Gasteiger partial charge in [0.05, 0.1) is 11.4 Å². The number of piperidine rings is 1. The standard InChI is InChI=1S/C14H20N2/c1-10-6-4-8-16-13(10)9-15-12-7-3-5-11(2)14(12)16/h3,5,7,10,13,15H,4,6,8-9H2,1-2H3. The van der Waals surface area contributed by atoms with Gasteiger partial charge in [0.2, 0.25) is 0 Å². The lowest BCUT2D eigenvalue weighted by molar-refractivity contribution is 0.350. The molecular formula is C14H20N2. The Morgan fingerprint density at radius 1 is 1.38 bits per heavy atom. The number of para-hydroxylation sites is 1. The molecule has 0 aliphatic carbocycles. The Labute approximate surface area is 97.6 Å². The molecule has 86 valence electrons. The zero-order valence-electron chi connectivity index (χ0n) is 10.2. The predicted octanol–water partition coefficient (Wildman–Crippen LogP) is 3.03. The summed E-state index contributed by atoms with van der Waals surface area (Å²) in [6.07, 6.45) is 2.72. The van der Waals surface area contributed by atoms with E-state index in [1.54, 1.807) is 0 Å². The third-order valence-electron chi connectivity index (χ3n) is 4.14. The first-order valence-electron chi connectivity index (χ1n) is 6.37. The van der Waals surface area contributed by atoms with Crippen molar-refractivity contribution in [3.8, 4) is 0 Å². The first kappa shape index (κ1) is 10.0. The Kier molecular flexibility index (Phi) is 2.31. The minimum Gasteiger partial charge on any atom is -0.381 e. The highest BCUT2D eigenvalue weighted by Crippen LogP contribution is 2.39. The summed E-state index contributed by atoms with van der Waals surface area (Å²) in [5, 5.41) is 3.59. The largest absolute Gasteiger partial charge is 0.381 e. The smallest absolute Gasteiger partial charge is 0.0634 e. The van der Waals surface area contributed by atoms with Gasteiger partial charge in [0, 0.05) is 19.1 Å². The fourth-order valence-corrected chi connectivity index (χ4v) is 3.24. The van der Waals surface area contributed by atoms with Gasteiger partial charge in [-0.1, -0.05) is 19.1 Å². The zero-order chi connectivity index (χ0) is 11.1. The number of hydrogen-bond acceptors (Lipinski definition) is 2. The van der Waals surface area contributed by atoms with E-state index in [2.05, 4.69) is 42.3 Å². The Balaban J connectivity index is 2.04. The van der Waals surface area contributed by atoms with E-state index in [4.69, 9.17) is 0 Å². The maximum atomic E-state index is 3.59. The highest BCUT2D eigenvalue weighted by molar-refractivity contribution is 5.76. The van der Waals surface area contributed by atoms with Gasteiger partial charge in [-0.05, 0) is 37.3 Å². The van der Waals surface area contributed by atoms with Gasteiger partial charge in [-0.2, -0.15) is 0 Å². The van der Waals surface area contributed by atoms with E-state index in [1.165, 1.54) is 36.3 Å². The van der Waals surface area contributed by atoms with Crippen molar-refractivity contribution in [2.75, 3.05) is 23.3 Å². The molecule has 2 heteroatoms. The number of nitrogens with zero attached hydrogens (tertiary/aromatic N) is 1. The van der Waals surface area contributed by atoms with Crippen molar-refractivity contribution < 1.29 is 0 Å². The van der Waals surface area contributed by atoms with Gasteiger partial charge in [0.25, 0.3) is 0 Å². The van der Waals surface area contributed by atoms with Crippen molar-refractivity contribution >= 4 is 11.4 Å². The summed E-state index contributed by atoms with van der Waals surface area (Å²) in [4.78, 5) is 2.63. The summed E-state index contributed by atoms with van der Waals surface area (Å²) in [5.74, 6) is 0.814. The van der Waals surface area contributed by atoms with Gasteiger partial charge in [0.15, 0.2) is 0 Å². The van der Waals surface area contributed by atoms with Crippen molar-refractivity contribution in [1.29, 1.82) is 0 Å². The Bertz CT molecular complexity index is 400. The second-order valence-electron chi connectivity index (χ2n) is 5.23. The molecule has 2 heterocycles. The van der Waals surface area contributed by atoms with Crippen LogP contribution in [0.15, 0.2) is 18.2 Å². The molecule has 0 aromatic heterocycles. The predicted molar refractivity (Wildman–Crippen MR) is 69.2 cm³/mol. The fourth-order valence-electron chi connectivity index (χ4n) is 3.24. The lowest BCUT2D eigenvalue weighted by Crippen LogP contribution is -2.51. The van der Waals surface area contributed by atoms with Crippen LogP contribution in [0, 0.1) is 12.8 Å². The zero-order valence-corrected chi connectivity index (χ0v) is 10.2. The van der Waals surface area contributed by atoms with Crippen LogP contribution in [0.5, 0.6) is 0 Å². The van der Waals surface area contributed by atoms with Gasteiger partial charge < -0.3 is 10.2 Å². The van der Waals surface area contributed by atoms with E-state index in [1.807, 2.05) is 0 Å². The number of anilines is 2. The monoisotopic (exact) mass is 216 g/mol. The van der Waals surface area contributed by atoms with Crippen LogP contribution in [0.1, 0.15) is 25.3 Å². The SMILES string of the molecule is Cc1cccc2c1N1CCCC(C)C1CN2. The summed E-state index contributed by atoms with van der Waals surface area (Å²) >= 11 is 0. The van der Waals surface area contributed by atoms with E-state index in [0.29, 0.717) is 6.04 Å². The summed E-state index contributed by atoms with van der Waals surface area (Å²) in [5.41, 5.74) is 4.18. The number of aryl methyl sites for hydroxylation is 1. The van der Waals surface area contributed by atoms with Gasteiger partial charge in [0.1, 0.15) is 0 Å². The van der Waals surface area contributed by atoms with Crippen LogP contribution in [0.25, 0.3) is 0 Å². The molecule has 2 aliphatic heterocycles. The number of nitrogens with one attached hydrogen (secondary N) is 1. The molecule has 2 unspecified atom stereocenters. The van der Waals surface area contributed by atoms with Crippen molar-refractivity contribution in [1.82, 2.24) is 0 Å². The average molecular weight is 216 g/mol. The normalized spacial score (nSPS) is 28.0. The molecule has 3 rings (SSSR count). The molecule has 1 aromatic carbocycles. The summed E-state index contributed by atoms with van der Waals surface area (Å²) < 4.78 is 0. The molecule has 0 radical (unpaired) electrons. The highest BCUT2D eigenvalue weighted by atomic mass is 15.2. The molecule has 1 aromatic rings. The molecule has 1 N–H and O–H groups in total. The van der Waals surface area contributed by atoms with Gasteiger partial charge >= 0.3 is 0 Å². The number of rotatable bonds is 0. The third kappa shape index (κ3) is 1.40. The second kappa shape index (κ2) is 3.69. The van der Waals surface area contributed by atoms with Crippen LogP contribution in [0.3, 0.4) is 0 Å². The quantitative estimate of drug-likeness (QED) is 0.717. The van der Waals surface area contributed by atoms with Crippen LogP contribution in [-0.4, -0.2) is 19.1 Å². The number of hydrogen-bond donors (Lipinski definition) is 1. The molecule has 0 saturated carbocycles. The summed E-state index contributed by atoms with van der Waals surface area (Å²) in [7, 11) is 0. The van der Waals surface area contributed by atoms with Crippen LogP contribution >= 0.6 is 0 Å². The van der Waals surface area contributed by atoms with Crippen molar-refractivity contribution in [3.05, 3.63) is 23.8 Å². The van der Waals surface area contributed by atoms with Gasteiger partial charge in [-0.25, -0.2) is 0 Å². The molecule has 1 saturated heterocycles. The Morgan fingerprint density at radius 2 is 2.25 bits per heavy atom. The molecule has 2 atom stereocenters. The van der Waals surface area contributed by atoms with Gasteiger partial charge in [-0.3, -0.25) is 0 Å². The average Bonchev–Trinajstić information content (AvgIpc) is 2.29. The highest BCUT2D eigenvalue weighted by Gasteiger charge is 2.33. The van der Waals surface area contributed by atoms with Crippen LogP contribution < -0.4 is 10.2 Å². The van der Waals surface area contributed by atoms with E-state index in [0.717, 1.165) is 12.5 Å². The number of benzene rings is 1. The minimum atomic E-state index is 0.697. The first-order chi connectivity index (χ1) is 7.77. The maximum Gasteiger partial charge on any atom is 0.0634 e. The van der Waals surface area contributed by atoms with Crippen molar-refractivity contribution in [3.63, 3.8) is 0 Å². The van der Waals surface area contributed by atoms with Crippen molar-refractivity contribution in [2.24, 2.45) is 5.92 Å². The molecule has 0 amide bonds. The van der Waals surface area contributed by atoms with Crippen LogP contribution in [0.2, 0.25) is 0 Å². The molecule has 1 fully saturated rings. The lowest BCUT2D eigenvalue weighted by Gasteiger charge is -2.46. The van der Waals surface area contributed by atoms with E-state index in [-0.39, 0.29) is 0 Å². The molecule has 16 heavy (non-hydrogen) atoms. The maximum absolute atomic E-state index is 3.59. The Morgan fingerprint density at radius 3 is 3.12 bits per heavy atom. The van der Waals surface area contributed by atoms with Crippen molar-refractivity contribution in [2.45, 2.75) is 32.7 Å². The molecular weight excluding hydrogens is 196 g/mol. The van der Waals surface area contributed by atoms with Crippen LogP contribution in [0.4, 0.5) is 11.4 Å². The third-order valence-corrected chi connectivity index (χ3v) is 4.14. The van der Waals surface area contributed by atoms with Gasteiger partial charge in [-0.15, -0.1) is 0 Å². The van der Waals surface area contributed by atoms with E-state index >= 15 is 0 Å². The Hall–Kier alpha value is -1.18. The molecule has 0 spiro atoms. The molecule has 2 aliphatic rings. The fraction of sp³-hybridized carbons (Fsp3) is 0.571. The van der Waals surface area contributed by atoms with Crippen LogP contribution in [-0.2, 0) is 0 Å². The molecule has 0 bridgehead atoms. The number of fused-ring (bicyclic) bond motifs is 3. The topological polar surface area (TPSA) is 15.3 Å². The van der Waals surface area contributed by atoms with E-state index < -0.39 is 0 Å². The summed E-state index contributed by atoms with van der Waals surface area (Å²) in [6.45, 7) is 6.95. The summed E-state index contributed by atoms with van der Waals surface area (Å²) in [6, 6.07) is 7.27. The van der Waals surface area contributed by atoms with E-state index in [9.17, 15) is 0 Å². The minimum absolute atomic E-state index is 0.697. The lowest BCUT2D eigenvalue weighted by atomic mass is 9.88. The second-order valence-corrected chi connectivity index (χ2v) is 5.23. The molecule has 2 nitrogen and oxygen atoms in total. The first-order valence-corrected chi connectivity index (χ1v) is 6.37.